The fraction of sp³-hybridized carbons (Fsp3) is 0.143. The number of benzene rings is 3. The van der Waals surface area contributed by atoms with Gasteiger partial charge < -0.3 is 10.0 Å². The maximum atomic E-state index is 13.2. The highest BCUT2D eigenvalue weighted by molar-refractivity contribution is 6.14. The van der Waals surface area contributed by atoms with Gasteiger partial charge in [0.1, 0.15) is 0 Å². The number of allylic oxidation sites excluding steroid dienone is 1. The van der Waals surface area contributed by atoms with Crippen LogP contribution >= 0.6 is 0 Å². The highest BCUT2D eigenvalue weighted by atomic mass is 16.3. The van der Waals surface area contributed by atoms with Crippen LogP contribution in [0.1, 0.15) is 28.3 Å². The van der Waals surface area contributed by atoms with Gasteiger partial charge in [0, 0.05) is 6.54 Å². The molecular weight excluding hydrogens is 398 g/mol. The Kier molecular flexibility index (Phi) is 6.31. The minimum atomic E-state index is -0.625. The molecular formula is C28H25NO3. The first kappa shape index (κ1) is 21.3. The van der Waals surface area contributed by atoms with Crippen molar-refractivity contribution in [3.63, 3.8) is 0 Å². The first-order chi connectivity index (χ1) is 15.5. The van der Waals surface area contributed by atoms with Crippen molar-refractivity contribution >= 4 is 17.8 Å². The number of aliphatic hydroxyl groups is 1. The number of amides is 1. The van der Waals surface area contributed by atoms with Crippen molar-refractivity contribution in [2.45, 2.75) is 19.4 Å². The molecule has 0 aliphatic carbocycles. The van der Waals surface area contributed by atoms with Gasteiger partial charge in [-0.05, 0) is 36.1 Å². The molecule has 0 fully saturated rings. The lowest BCUT2D eigenvalue weighted by Gasteiger charge is -2.26. The van der Waals surface area contributed by atoms with Gasteiger partial charge in [-0.1, -0.05) is 96.6 Å². The zero-order valence-electron chi connectivity index (χ0n) is 17.9. The van der Waals surface area contributed by atoms with E-state index in [0.717, 1.165) is 22.3 Å². The van der Waals surface area contributed by atoms with Crippen molar-refractivity contribution in [2.24, 2.45) is 0 Å². The molecule has 0 bridgehead atoms. The smallest absolute Gasteiger partial charge is 0.290 e. The largest absolute Gasteiger partial charge is 0.503 e. The molecule has 4 rings (SSSR count). The van der Waals surface area contributed by atoms with Crippen molar-refractivity contribution < 1.29 is 14.7 Å². The average Bonchev–Trinajstić information content (AvgIpc) is 3.08. The van der Waals surface area contributed by atoms with E-state index < -0.39 is 17.7 Å². The normalized spacial score (nSPS) is 16.2. The van der Waals surface area contributed by atoms with Gasteiger partial charge in [0.2, 0.25) is 0 Å². The van der Waals surface area contributed by atoms with Gasteiger partial charge in [0.25, 0.3) is 5.91 Å². The third kappa shape index (κ3) is 4.54. The van der Waals surface area contributed by atoms with Crippen LogP contribution in [0.15, 0.2) is 102 Å². The molecule has 0 saturated heterocycles. The van der Waals surface area contributed by atoms with Gasteiger partial charge in [0.05, 0.1) is 11.6 Å². The monoisotopic (exact) mass is 423 g/mol. The number of rotatable bonds is 7. The molecule has 3 aromatic rings. The van der Waals surface area contributed by atoms with Crippen molar-refractivity contribution in [1.82, 2.24) is 4.90 Å². The van der Waals surface area contributed by atoms with Gasteiger partial charge in [-0.15, -0.1) is 0 Å². The first-order valence-electron chi connectivity index (χ1n) is 10.7. The van der Waals surface area contributed by atoms with E-state index in [9.17, 15) is 14.7 Å². The van der Waals surface area contributed by atoms with Crippen LogP contribution in [0.2, 0.25) is 0 Å². The minimum Gasteiger partial charge on any atom is -0.503 e. The second kappa shape index (κ2) is 9.48. The Labute approximate surface area is 188 Å². The Morgan fingerprint density at radius 2 is 1.56 bits per heavy atom. The second-order valence-electron chi connectivity index (χ2n) is 7.92. The lowest BCUT2D eigenvalue weighted by atomic mass is 9.94. The zero-order chi connectivity index (χ0) is 22.5. The van der Waals surface area contributed by atoms with Gasteiger partial charge in [-0.2, -0.15) is 0 Å². The number of aliphatic hydroxyl groups excluding tert-OH is 1. The second-order valence-corrected chi connectivity index (χ2v) is 7.92. The molecule has 1 aliphatic heterocycles. The van der Waals surface area contributed by atoms with Crippen molar-refractivity contribution in [2.75, 3.05) is 6.54 Å². The Bertz CT molecular complexity index is 1160. The standard InChI is InChI=1S/C28H25NO3/c1-20-12-15-23(16-13-20)26-25(24(30)17-14-21-8-4-2-5-9-21)27(31)28(32)29(26)19-18-22-10-6-3-7-11-22/h2-17,26,31H,18-19H2,1H3/b17-14+. The third-order valence-electron chi connectivity index (χ3n) is 5.67. The molecule has 32 heavy (non-hydrogen) atoms. The molecule has 0 aromatic heterocycles. The fourth-order valence-corrected chi connectivity index (χ4v) is 3.95. The molecule has 1 aliphatic rings. The summed E-state index contributed by atoms with van der Waals surface area (Å²) in [6, 6.07) is 26.4. The lowest BCUT2D eigenvalue weighted by Crippen LogP contribution is -2.33. The van der Waals surface area contributed by atoms with Crippen LogP contribution in [-0.4, -0.2) is 28.2 Å². The van der Waals surface area contributed by atoms with Crippen LogP contribution in [0.3, 0.4) is 0 Å². The fourth-order valence-electron chi connectivity index (χ4n) is 3.95. The molecule has 1 N–H and O–H groups in total. The summed E-state index contributed by atoms with van der Waals surface area (Å²) in [6.45, 7) is 2.38. The summed E-state index contributed by atoms with van der Waals surface area (Å²) in [4.78, 5) is 27.8. The molecule has 160 valence electrons. The Balaban J connectivity index is 1.66. The topological polar surface area (TPSA) is 57.6 Å². The maximum Gasteiger partial charge on any atom is 0.290 e. The predicted octanol–water partition coefficient (Wildman–Crippen LogP) is 5.22. The molecule has 1 unspecified atom stereocenters. The number of hydrogen-bond acceptors (Lipinski definition) is 3. The zero-order valence-corrected chi connectivity index (χ0v) is 17.9. The quantitative estimate of drug-likeness (QED) is 0.531. The summed E-state index contributed by atoms with van der Waals surface area (Å²) in [5.41, 5.74) is 3.97. The molecule has 3 aromatic carbocycles. The number of hydrogen-bond donors (Lipinski definition) is 1. The molecule has 0 spiro atoms. The molecule has 0 saturated carbocycles. The Morgan fingerprint density at radius 1 is 0.938 bits per heavy atom. The van der Waals surface area contributed by atoms with E-state index in [1.165, 1.54) is 6.08 Å². The number of ketones is 1. The van der Waals surface area contributed by atoms with Crippen LogP contribution < -0.4 is 0 Å². The molecule has 4 heteroatoms. The Hall–Kier alpha value is -3.92. The summed E-state index contributed by atoms with van der Waals surface area (Å²) in [5, 5.41) is 10.7. The van der Waals surface area contributed by atoms with Crippen LogP contribution in [0.4, 0.5) is 0 Å². The third-order valence-corrected chi connectivity index (χ3v) is 5.67. The van der Waals surface area contributed by atoms with E-state index in [4.69, 9.17) is 0 Å². The van der Waals surface area contributed by atoms with E-state index >= 15 is 0 Å². The van der Waals surface area contributed by atoms with Gasteiger partial charge in [0.15, 0.2) is 11.5 Å². The minimum absolute atomic E-state index is 0.124. The summed E-state index contributed by atoms with van der Waals surface area (Å²) in [7, 11) is 0. The lowest BCUT2D eigenvalue weighted by molar-refractivity contribution is -0.129. The molecule has 4 nitrogen and oxygen atoms in total. The number of carbonyl (C=O) groups excluding carboxylic acids is 2. The van der Waals surface area contributed by atoms with E-state index in [1.807, 2.05) is 91.9 Å². The van der Waals surface area contributed by atoms with Gasteiger partial charge >= 0.3 is 0 Å². The van der Waals surface area contributed by atoms with Gasteiger partial charge in [-0.3, -0.25) is 9.59 Å². The predicted molar refractivity (Wildman–Crippen MR) is 126 cm³/mol. The SMILES string of the molecule is Cc1ccc(C2C(C(=O)/C=C/c3ccccc3)=C(O)C(=O)N2CCc2ccccc2)cc1. The maximum absolute atomic E-state index is 13.2. The van der Waals surface area contributed by atoms with Crippen LogP contribution in [-0.2, 0) is 16.0 Å². The van der Waals surface area contributed by atoms with Crippen LogP contribution in [0.25, 0.3) is 6.08 Å². The van der Waals surface area contributed by atoms with E-state index in [2.05, 4.69) is 0 Å². The highest BCUT2D eigenvalue weighted by Gasteiger charge is 2.42. The van der Waals surface area contributed by atoms with E-state index in [-0.39, 0.29) is 11.4 Å². The Morgan fingerprint density at radius 3 is 2.22 bits per heavy atom. The molecule has 1 atom stereocenters. The summed E-state index contributed by atoms with van der Waals surface area (Å²) in [5.74, 6) is -1.35. The van der Waals surface area contributed by atoms with E-state index in [1.54, 1.807) is 11.0 Å². The first-order valence-corrected chi connectivity index (χ1v) is 10.7. The molecule has 1 heterocycles. The van der Waals surface area contributed by atoms with Crippen molar-refractivity contribution in [3.05, 3.63) is 125 Å². The molecule has 1 amide bonds. The van der Waals surface area contributed by atoms with Crippen molar-refractivity contribution in [1.29, 1.82) is 0 Å². The van der Waals surface area contributed by atoms with Crippen molar-refractivity contribution in [3.8, 4) is 0 Å². The summed E-state index contributed by atoms with van der Waals surface area (Å²) >= 11 is 0. The molecule has 0 radical (unpaired) electrons. The van der Waals surface area contributed by atoms with Crippen LogP contribution in [0.5, 0.6) is 0 Å². The summed E-state index contributed by atoms with van der Waals surface area (Å²) in [6.07, 6.45) is 3.76. The van der Waals surface area contributed by atoms with Crippen LogP contribution in [0, 0.1) is 6.92 Å². The average molecular weight is 424 g/mol. The summed E-state index contributed by atoms with van der Waals surface area (Å²) < 4.78 is 0. The highest BCUT2D eigenvalue weighted by Crippen LogP contribution is 2.38. The number of nitrogens with zero attached hydrogens (tertiary/aromatic N) is 1. The van der Waals surface area contributed by atoms with E-state index in [0.29, 0.717) is 13.0 Å². The van der Waals surface area contributed by atoms with Gasteiger partial charge in [-0.25, -0.2) is 0 Å². The number of aryl methyl sites for hydroxylation is 1. The number of carbonyl (C=O) groups is 2.